The molecule has 2 atom stereocenters. The zero-order valence-electron chi connectivity index (χ0n) is 18.4. The summed E-state index contributed by atoms with van der Waals surface area (Å²) in [6, 6.07) is 7.30. The molecule has 1 aromatic carbocycles. The van der Waals surface area contributed by atoms with E-state index in [9.17, 15) is 0 Å². The van der Waals surface area contributed by atoms with E-state index < -0.39 is 0 Å². The number of hydrogen-bond donors (Lipinski definition) is 3. The molecule has 4 aliphatic rings. The van der Waals surface area contributed by atoms with Crippen molar-refractivity contribution < 1.29 is 0 Å². The lowest BCUT2D eigenvalue weighted by molar-refractivity contribution is 0.456. The molecule has 160 valence electrons. The Labute approximate surface area is 180 Å². The molecule has 3 aliphatic heterocycles. The average molecular weight is 406 g/mol. The fourth-order valence-electron chi connectivity index (χ4n) is 5.25. The number of nitrogens with one attached hydrogen (secondary N) is 3. The van der Waals surface area contributed by atoms with E-state index in [0.717, 1.165) is 52.1 Å². The maximum atomic E-state index is 4.97. The van der Waals surface area contributed by atoms with Gasteiger partial charge in [0.2, 0.25) is 0 Å². The SMILES string of the molecule is CC1=NC2=C(NCC3Cc4c(cccc4N4CCNCC4)CN3)CCCC2=CC1C. The second-order valence-corrected chi connectivity index (χ2v) is 9.23. The highest BCUT2D eigenvalue weighted by Gasteiger charge is 2.26. The summed E-state index contributed by atoms with van der Waals surface area (Å²) in [6.07, 6.45) is 7.03. The lowest BCUT2D eigenvalue weighted by Gasteiger charge is -2.35. The molecular weight excluding hydrogens is 370 g/mol. The monoisotopic (exact) mass is 405 g/mol. The minimum Gasteiger partial charge on any atom is -0.385 e. The van der Waals surface area contributed by atoms with E-state index in [2.05, 4.69) is 59.0 Å². The van der Waals surface area contributed by atoms with Crippen LogP contribution in [0.4, 0.5) is 5.69 Å². The minimum atomic E-state index is 0.455. The van der Waals surface area contributed by atoms with Gasteiger partial charge >= 0.3 is 0 Å². The predicted molar refractivity (Wildman–Crippen MR) is 125 cm³/mol. The van der Waals surface area contributed by atoms with Crippen LogP contribution >= 0.6 is 0 Å². The summed E-state index contributed by atoms with van der Waals surface area (Å²) >= 11 is 0. The van der Waals surface area contributed by atoms with Gasteiger partial charge < -0.3 is 20.9 Å². The highest BCUT2D eigenvalue weighted by atomic mass is 15.2. The van der Waals surface area contributed by atoms with Crippen molar-refractivity contribution in [2.45, 2.75) is 52.1 Å². The summed E-state index contributed by atoms with van der Waals surface area (Å²) in [6.45, 7) is 10.7. The Morgan fingerprint density at radius 3 is 2.93 bits per heavy atom. The summed E-state index contributed by atoms with van der Waals surface area (Å²) in [7, 11) is 0. The van der Waals surface area contributed by atoms with Gasteiger partial charge in [-0.1, -0.05) is 25.1 Å². The third-order valence-corrected chi connectivity index (χ3v) is 7.16. The number of piperazine rings is 1. The van der Waals surface area contributed by atoms with Crippen molar-refractivity contribution in [2.75, 3.05) is 37.6 Å². The summed E-state index contributed by atoms with van der Waals surface area (Å²) in [5.74, 6) is 0.475. The first-order valence-corrected chi connectivity index (χ1v) is 11.7. The molecule has 1 aromatic rings. The van der Waals surface area contributed by atoms with Gasteiger partial charge in [-0.25, -0.2) is 0 Å². The minimum absolute atomic E-state index is 0.455. The van der Waals surface area contributed by atoms with E-state index in [1.165, 1.54) is 46.8 Å². The molecule has 5 rings (SSSR count). The number of rotatable bonds is 4. The first-order valence-electron chi connectivity index (χ1n) is 11.7. The standard InChI is InChI=1S/C25H35N5/c1-17-13-19-5-3-7-23(25(19)29-18(17)2)28-16-21-14-22-20(15-27-21)6-4-8-24(22)30-11-9-26-10-12-30/h4,6,8,13,17,21,26-28H,3,5,7,9-12,14-16H2,1-2H3. The van der Waals surface area contributed by atoms with Crippen molar-refractivity contribution in [2.24, 2.45) is 10.9 Å². The van der Waals surface area contributed by atoms with Crippen molar-refractivity contribution in [3.63, 3.8) is 0 Å². The third kappa shape index (κ3) is 3.93. The van der Waals surface area contributed by atoms with Gasteiger partial charge in [0, 0.05) is 68.3 Å². The van der Waals surface area contributed by atoms with E-state index in [1.807, 2.05) is 0 Å². The second kappa shape index (κ2) is 8.56. The van der Waals surface area contributed by atoms with Crippen LogP contribution < -0.4 is 20.9 Å². The van der Waals surface area contributed by atoms with Crippen LogP contribution in [-0.2, 0) is 13.0 Å². The van der Waals surface area contributed by atoms with Crippen LogP contribution in [0.15, 0.2) is 46.2 Å². The van der Waals surface area contributed by atoms with Crippen molar-refractivity contribution in [3.8, 4) is 0 Å². The number of aliphatic imine (C=N–C) groups is 1. The molecule has 5 nitrogen and oxygen atoms in total. The van der Waals surface area contributed by atoms with Crippen LogP contribution in [0.1, 0.15) is 44.2 Å². The lowest BCUT2D eigenvalue weighted by Crippen LogP contribution is -2.46. The molecule has 0 radical (unpaired) electrons. The maximum absolute atomic E-state index is 4.97. The molecular formula is C25H35N5. The van der Waals surface area contributed by atoms with Crippen LogP contribution in [0, 0.1) is 5.92 Å². The molecule has 1 saturated heterocycles. The Kier molecular flexibility index (Phi) is 5.66. The molecule has 3 N–H and O–H groups in total. The molecule has 0 bridgehead atoms. The smallest absolute Gasteiger partial charge is 0.0847 e. The van der Waals surface area contributed by atoms with Crippen LogP contribution in [0.25, 0.3) is 0 Å². The second-order valence-electron chi connectivity index (χ2n) is 9.23. The predicted octanol–water partition coefficient (Wildman–Crippen LogP) is 3.13. The first-order chi connectivity index (χ1) is 14.7. The van der Waals surface area contributed by atoms with Crippen LogP contribution in [-0.4, -0.2) is 44.5 Å². The van der Waals surface area contributed by atoms with E-state index in [0.29, 0.717) is 12.0 Å². The van der Waals surface area contributed by atoms with Gasteiger partial charge in [-0.2, -0.15) is 0 Å². The van der Waals surface area contributed by atoms with Crippen LogP contribution in [0.5, 0.6) is 0 Å². The Morgan fingerprint density at radius 1 is 1.20 bits per heavy atom. The van der Waals surface area contributed by atoms with E-state index in [1.54, 1.807) is 5.56 Å². The molecule has 0 amide bonds. The highest BCUT2D eigenvalue weighted by Crippen LogP contribution is 2.34. The van der Waals surface area contributed by atoms with Gasteiger partial charge in [-0.15, -0.1) is 0 Å². The third-order valence-electron chi connectivity index (χ3n) is 7.16. The molecule has 0 aromatic heterocycles. The fraction of sp³-hybridized carbons (Fsp3) is 0.560. The molecule has 1 aliphatic carbocycles. The summed E-state index contributed by atoms with van der Waals surface area (Å²) in [4.78, 5) is 7.54. The van der Waals surface area contributed by atoms with Gasteiger partial charge in [-0.05, 0) is 55.4 Å². The number of nitrogens with zero attached hydrogens (tertiary/aromatic N) is 2. The number of anilines is 1. The Balaban J connectivity index is 1.30. The fourth-order valence-corrected chi connectivity index (χ4v) is 5.25. The molecule has 1 fully saturated rings. The van der Waals surface area contributed by atoms with Crippen molar-refractivity contribution >= 4 is 11.4 Å². The Hall–Kier alpha value is -2.11. The molecule has 2 unspecified atom stereocenters. The zero-order chi connectivity index (χ0) is 20.5. The largest absolute Gasteiger partial charge is 0.385 e. The Bertz CT molecular complexity index is 891. The number of fused-ring (bicyclic) bond motifs is 2. The van der Waals surface area contributed by atoms with Crippen LogP contribution in [0.3, 0.4) is 0 Å². The van der Waals surface area contributed by atoms with Gasteiger partial charge in [0.25, 0.3) is 0 Å². The zero-order valence-corrected chi connectivity index (χ0v) is 18.4. The van der Waals surface area contributed by atoms with Crippen molar-refractivity contribution in [3.05, 3.63) is 52.4 Å². The van der Waals surface area contributed by atoms with E-state index in [4.69, 9.17) is 4.99 Å². The topological polar surface area (TPSA) is 51.7 Å². The number of hydrogen-bond acceptors (Lipinski definition) is 5. The van der Waals surface area contributed by atoms with Crippen molar-refractivity contribution in [1.29, 1.82) is 0 Å². The normalized spacial score (nSPS) is 26.5. The number of allylic oxidation sites excluding steroid dienone is 3. The Morgan fingerprint density at radius 2 is 2.07 bits per heavy atom. The molecule has 3 heterocycles. The quantitative estimate of drug-likeness (QED) is 0.720. The highest BCUT2D eigenvalue weighted by molar-refractivity contribution is 5.88. The lowest BCUT2D eigenvalue weighted by atomic mass is 9.89. The van der Waals surface area contributed by atoms with Gasteiger partial charge in [0.1, 0.15) is 0 Å². The molecule has 0 saturated carbocycles. The molecule has 5 heteroatoms. The van der Waals surface area contributed by atoms with Gasteiger partial charge in [0.15, 0.2) is 0 Å². The van der Waals surface area contributed by atoms with Crippen molar-refractivity contribution in [1.82, 2.24) is 16.0 Å². The first kappa shape index (κ1) is 19.8. The average Bonchev–Trinajstić information content (AvgIpc) is 2.78. The maximum Gasteiger partial charge on any atom is 0.0847 e. The van der Waals surface area contributed by atoms with Gasteiger partial charge in [0.05, 0.1) is 5.70 Å². The van der Waals surface area contributed by atoms with E-state index in [-0.39, 0.29) is 0 Å². The summed E-state index contributed by atoms with van der Waals surface area (Å²) in [5.41, 5.74) is 9.73. The van der Waals surface area contributed by atoms with E-state index >= 15 is 0 Å². The number of benzene rings is 1. The van der Waals surface area contributed by atoms with Gasteiger partial charge in [-0.3, -0.25) is 4.99 Å². The van der Waals surface area contributed by atoms with Crippen LogP contribution in [0.2, 0.25) is 0 Å². The summed E-state index contributed by atoms with van der Waals surface area (Å²) < 4.78 is 0. The molecule has 30 heavy (non-hydrogen) atoms. The summed E-state index contributed by atoms with van der Waals surface area (Å²) in [5, 5.41) is 11.0. The molecule has 0 spiro atoms. The number of dihydropyridines is 1.